The number of carbonyl (C=O) groups excluding carboxylic acids is 2. The van der Waals surface area contributed by atoms with Gasteiger partial charge in [0.2, 0.25) is 0 Å². The van der Waals surface area contributed by atoms with Crippen molar-refractivity contribution in [3.63, 3.8) is 0 Å². The molecule has 0 aromatic heterocycles. The van der Waals surface area contributed by atoms with Gasteiger partial charge in [-0.25, -0.2) is 4.79 Å². The summed E-state index contributed by atoms with van der Waals surface area (Å²) in [6, 6.07) is 8.09. The number of benzene rings is 1. The minimum absolute atomic E-state index is 0.0459. The van der Waals surface area contributed by atoms with Gasteiger partial charge in [0.25, 0.3) is 11.8 Å². The lowest BCUT2D eigenvalue weighted by atomic mass is 10.0. The van der Waals surface area contributed by atoms with Crippen LogP contribution in [-0.2, 0) is 14.4 Å². The minimum Gasteiger partial charge on any atom is -0.484 e. The number of carboxylic acid groups (broad SMARTS) is 1. The molecule has 0 spiro atoms. The molecule has 25 heavy (non-hydrogen) atoms. The Morgan fingerprint density at radius 1 is 1.28 bits per heavy atom. The average molecular weight is 364 g/mol. The number of nitrogens with zero attached hydrogens (tertiary/aromatic N) is 1. The van der Waals surface area contributed by atoms with E-state index in [9.17, 15) is 19.5 Å². The van der Waals surface area contributed by atoms with Crippen LogP contribution in [-0.4, -0.2) is 52.1 Å². The summed E-state index contributed by atoms with van der Waals surface area (Å²) in [4.78, 5) is 37.0. The number of nitrogens with one attached hydrogen (secondary N) is 1. The molecule has 1 saturated heterocycles. The van der Waals surface area contributed by atoms with Crippen LogP contribution in [0, 0.1) is 0 Å². The molecule has 2 atom stereocenters. The first kappa shape index (κ1) is 18.9. The molecule has 7 nitrogen and oxygen atoms in total. The maximum atomic E-state index is 12.4. The van der Waals surface area contributed by atoms with Gasteiger partial charge in [-0.1, -0.05) is 18.2 Å². The molecule has 1 heterocycles. The Hall–Kier alpha value is -2.48. The van der Waals surface area contributed by atoms with Crippen molar-refractivity contribution in [2.75, 3.05) is 12.9 Å². The van der Waals surface area contributed by atoms with Gasteiger partial charge in [-0.2, -0.15) is 0 Å². The van der Waals surface area contributed by atoms with Gasteiger partial charge in [0, 0.05) is 0 Å². The van der Waals surface area contributed by atoms with Gasteiger partial charge in [0.15, 0.2) is 6.61 Å². The molecule has 0 aliphatic carbocycles. The normalized spacial score (nSPS) is 19.0. The van der Waals surface area contributed by atoms with Crippen molar-refractivity contribution in [2.45, 2.75) is 25.3 Å². The zero-order valence-electron chi connectivity index (χ0n) is 14.2. The number of rotatable bonds is 7. The maximum absolute atomic E-state index is 12.4. The van der Waals surface area contributed by atoms with Crippen molar-refractivity contribution in [3.8, 4) is 5.75 Å². The van der Waals surface area contributed by atoms with Crippen molar-refractivity contribution >= 4 is 29.5 Å². The third-order valence-corrected chi connectivity index (χ3v) is 4.60. The van der Waals surface area contributed by atoms with Crippen molar-refractivity contribution in [1.29, 1.82) is 0 Å². The number of carbonyl (C=O) groups is 3. The minimum atomic E-state index is -1.16. The quantitative estimate of drug-likeness (QED) is 0.562. The number of likely N-dealkylation sites (tertiary alicyclic amines) is 1. The van der Waals surface area contributed by atoms with E-state index in [2.05, 4.69) is 5.32 Å². The Kier molecular flexibility index (Phi) is 6.08. The number of ether oxygens (including phenoxy) is 1. The Bertz CT molecular complexity index is 700. The van der Waals surface area contributed by atoms with Crippen LogP contribution < -0.4 is 10.1 Å². The molecule has 8 heteroatoms. The summed E-state index contributed by atoms with van der Waals surface area (Å²) in [5.74, 6) is -1.48. The number of hydrogen-bond acceptors (Lipinski definition) is 5. The van der Waals surface area contributed by atoms with Crippen LogP contribution in [0.4, 0.5) is 0 Å². The second-order valence-corrected chi connectivity index (χ2v) is 6.59. The first-order valence-electron chi connectivity index (χ1n) is 7.60. The summed E-state index contributed by atoms with van der Waals surface area (Å²) in [5.41, 5.74) is 0.479. The molecule has 2 N–H and O–H groups in total. The summed E-state index contributed by atoms with van der Waals surface area (Å²) >= 11 is 1.30. The van der Waals surface area contributed by atoms with Gasteiger partial charge >= 0.3 is 5.97 Å². The van der Waals surface area contributed by atoms with Gasteiger partial charge in [-0.3, -0.25) is 14.5 Å². The molecule has 2 amide bonds. The fraction of sp³-hybridized carbons (Fsp3) is 0.353. The van der Waals surface area contributed by atoms with E-state index in [1.165, 1.54) is 16.7 Å². The van der Waals surface area contributed by atoms with Crippen LogP contribution in [0.3, 0.4) is 0 Å². The van der Waals surface area contributed by atoms with E-state index >= 15 is 0 Å². The second kappa shape index (κ2) is 8.06. The predicted octanol–water partition coefficient (Wildman–Crippen LogP) is 1.46. The number of allylic oxidation sites excluding steroid dienone is 1. The smallest absolute Gasteiger partial charge is 0.352 e. The third kappa shape index (κ3) is 4.14. The molecular weight excluding hydrogens is 344 g/mol. The molecule has 1 aliphatic rings. The van der Waals surface area contributed by atoms with Crippen LogP contribution in [0.2, 0.25) is 0 Å². The highest BCUT2D eigenvalue weighted by atomic mass is 32.2. The Morgan fingerprint density at radius 2 is 1.92 bits per heavy atom. The fourth-order valence-electron chi connectivity index (χ4n) is 2.51. The van der Waals surface area contributed by atoms with Crippen molar-refractivity contribution < 1.29 is 24.2 Å². The number of amides is 2. The van der Waals surface area contributed by atoms with E-state index in [-0.39, 0.29) is 12.3 Å². The van der Waals surface area contributed by atoms with Crippen molar-refractivity contribution in [2.24, 2.45) is 0 Å². The van der Waals surface area contributed by atoms with E-state index < -0.39 is 29.2 Å². The van der Waals surface area contributed by atoms with E-state index in [0.29, 0.717) is 11.3 Å². The molecule has 1 fully saturated rings. The van der Waals surface area contributed by atoms with Crippen molar-refractivity contribution in [1.82, 2.24) is 10.2 Å². The largest absolute Gasteiger partial charge is 0.484 e. The fourth-order valence-corrected chi connectivity index (χ4v) is 3.39. The summed E-state index contributed by atoms with van der Waals surface area (Å²) in [6.07, 6.45) is 1.76. The third-order valence-electron chi connectivity index (χ3n) is 3.63. The van der Waals surface area contributed by atoms with Crippen LogP contribution in [0.1, 0.15) is 13.8 Å². The molecule has 0 bridgehead atoms. The van der Waals surface area contributed by atoms with Gasteiger partial charge in [-0.05, 0) is 37.8 Å². The van der Waals surface area contributed by atoms with Gasteiger partial charge in [0.05, 0.1) is 0 Å². The van der Waals surface area contributed by atoms with Gasteiger partial charge in [0.1, 0.15) is 22.9 Å². The average Bonchev–Trinajstić information content (AvgIpc) is 2.58. The summed E-state index contributed by atoms with van der Waals surface area (Å²) < 4.78 is 5.34. The van der Waals surface area contributed by atoms with Crippen LogP contribution >= 0.6 is 11.8 Å². The van der Waals surface area contributed by atoms with E-state index in [1.54, 1.807) is 44.4 Å². The van der Waals surface area contributed by atoms with E-state index in [0.717, 1.165) is 0 Å². The molecule has 2 rings (SSSR count). The molecule has 1 aromatic carbocycles. The zero-order valence-corrected chi connectivity index (χ0v) is 15.0. The second-order valence-electron chi connectivity index (χ2n) is 5.64. The van der Waals surface area contributed by atoms with Crippen molar-refractivity contribution in [3.05, 3.63) is 41.6 Å². The molecule has 134 valence electrons. The number of thioether (sulfide) groups is 1. The number of para-hydroxylation sites is 1. The number of hydrogen-bond donors (Lipinski definition) is 2. The lowest BCUT2D eigenvalue weighted by Crippen LogP contribution is -2.69. The highest BCUT2D eigenvalue weighted by Gasteiger charge is 2.51. The van der Waals surface area contributed by atoms with Crippen LogP contribution in [0.25, 0.3) is 0 Å². The SMILES string of the molecule is CS[C@@H]1[C@H](NC(=O)COc2ccccc2)C(=O)N1C(C(=O)O)=C(C)C. The Labute approximate surface area is 150 Å². The van der Waals surface area contributed by atoms with Crippen LogP contribution in [0.15, 0.2) is 41.6 Å². The highest BCUT2D eigenvalue weighted by Crippen LogP contribution is 2.33. The highest BCUT2D eigenvalue weighted by molar-refractivity contribution is 7.99. The molecule has 0 radical (unpaired) electrons. The molecule has 1 aromatic rings. The monoisotopic (exact) mass is 364 g/mol. The summed E-state index contributed by atoms with van der Waals surface area (Å²) in [5, 5.41) is 11.5. The number of aliphatic carboxylic acids is 1. The summed E-state index contributed by atoms with van der Waals surface area (Å²) in [6.45, 7) is 3.05. The van der Waals surface area contributed by atoms with Gasteiger partial charge in [-0.15, -0.1) is 11.8 Å². The van der Waals surface area contributed by atoms with E-state index in [1.807, 2.05) is 6.07 Å². The molecule has 0 unspecified atom stereocenters. The summed E-state index contributed by atoms with van der Waals surface area (Å²) in [7, 11) is 0. The Morgan fingerprint density at radius 3 is 2.44 bits per heavy atom. The standard InChI is InChI=1S/C17H20N2O5S/c1-10(2)14(17(22)23)19-15(21)13(16(19)25-3)18-12(20)9-24-11-7-5-4-6-8-11/h4-8,13,16H,9H2,1-3H3,(H,18,20)(H,22,23)/t13-,16-/m1/s1. The van der Waals surface area contributed by atoms with Crippen LogP contribution in [0.5, 0.6) is 5.75 Å². The predicted molar refractivity (Wildman–Crippen MR) is 94.0 cm³/mol. The molecular formula is C17H20N2O5S. The topological polar surface area (TPSA) is 95.9 Å². The molecule has 0 saturated carbocycles. The van der Waals surface area contributed by atoms with E-state index in [4.69, 9.17) is 4.74 Å². The first-order chi connectivity index (χ1) is 11.9. The maximum Gasteiger partial charge on any atom is 0.352 e. The first-order valence-corrected chi connectivity index (χ1v) is 8.89. The lowest BCUT2D eigenvalue weighted by Gasteiger charge is -2.46. The molecule has 1 aliphatic heterocycles. The number of β-lactam (4-membered cyclic amide) rings is 1. The Balaban J connectivity index is 1.99. The lowest BCUT2D eigenvalue weighted by molar-refractivity contribution is -0.150. The zero-order chi connectivity index (χ0) is 18.6. The van der Waals surface area contributed by atoms with Gasteiger partial charge < -0.3 is 15.2 Å². The number of carboxylic acids is 1.